The van der Waals surface area contributed by atoms with E-state index in [-0.39, 0.29) is 0 Å². The molecule has 1 aliphatic carbocycles. The minimum atomic E-state index is 0.671. The molecular formula is C45H28N4O. The lowest BCUT2D eigenvalue weighted by atomic mass is 9.95. The van der Waals surface area contributed by atoms with Gasteiger partial charge in [-0.25, -0.2) is 19.9 Å². The number of hydrogen-bond donors (Lipinski definition) is 0. The first-order valence-corrected chi connectivity index (χ1v) is 16.8. The van der Waals surface area contributed by atoms with Crippen LogP contribution < -0.4 is 0 Å². The summed E-state index contributed by atoms with van der Waals surface area (Å²) >= 11 is 0. The molecule has 0 atom stereocenters. The summed E-state index contributed by atoms with van der Waals surface area (Å²) in [6.45, 7) is 0. The Labute approximate surface area is 288 Å². The zero-order valence-corrected chi connectivity index (χ0v) is 26.9. The Morgan fingerprint density at radius 3 is 1.80 bits per heavy atom. The average molecular weight is 641 g/mol. The fourth-order valence-corrected chi connectivity index (χ4v) is 7.23. The minimum absolute atomic E-state index is 0.671. The van der Waals surface area contributed by atoms with Crippen molar-refractivity contribution in [3.05, 3.63) is 169 Å². The fraction of sp³-hybridized carbons (Fsp3) is 0.0222. The molecule has 5 nitrogen and oxygen atoms in total. The monoisotopic (exact) mass is 640 g/mol. The summed E-state index contributed by atoms with van der Waals surface area (Å²) in [6.07, 6.45) is 2.54. The van der Waals surface area contributed by atoms with Crippen molar-refractivity contribution in [3.8, 4) is 67.4 Å². The van der Waals surface area contributed by atoms with Crippen molar-refractivity contribution in [1.29, 1.82) is 0 Å². The predicted molar refractivity (Wildman–Crippen MR) is 200 cm³/mol. The second-order valence-electron chi connectivity index (χ2n) is 12.7. The Morgan fingerprint density at radius 2 is 1.04 bits per heavy atom. The highest BCUT2D eigenvalue weighted by Crippen LogP contribution is 2.40. The molecule has 0 saturated carbocycles. The van der Waals surface area contributed by atoms with Gasteiger partial charge in [-0.3, -0.25) is 0 Å². The van der Waals surface area contributed by atoms with E-state index < -0.39 is 0 Å². The molecule has 0 aliphatic heterocycles. The number of aromatic nitrogens is 4. The second-order valence-corrected chi connectivity index (χ2v) is 12.7. The molecule has 0 bridgehead atoms. The number of benzene rings is 6. The van der Waals surface area contributed by atoms with Gasteiger partial charge in [0.15, 0.2) is 11.4 Å². The van der Waals surface area contributed by atoms with Crippen LogP contribution in [0.4, 0.5) is 0 Å². The summed E-state index contributed by atoms with van der Waals surface area (Å²) in [5.74, 6) is 0.671. The third kappa shape index (κ3) is 4.71. The van der Waals surface area contributed by atoms with Gasteiger partial charge in [0.2, 0.25) is 0 Å². The maximum Gasteiger partial charge on any atom is 0.180 e. The average Bonchev–Trinajstić information content (AvgIpc) is 3.77. The summed E-state index contributed by atoms with van der Waals surface area (Å²) in [5, 5.41) is 0.978. The quantitative estimate of drug-likeness (QED) is 0.187. The van der Waals surface area contributed by atoms with E-state index in [1.165, 1.54) is 16.7 Å². The molecule has 0 unspecified atom stereocenters. The van der Waals surface area contributed by atoms with E-state index in [4.69, 9.17) is 19.4 Å². The predicted octanol–water partition coefficient (Wildman–Crippen LogP) is 11.1. The molecule has 9 aromatic rings. The molecule has 50 heavy (non-hydrogen) atoms. The lowest BCUT2D eigenvalue weighted by Crippen LogP contribution is -1.94. The van der Waals surface area contributed by atoms with Crippen molar-refractivity contribution < 1.29 is 4.42 Å². The van der Waals surface area contributed by atoms with E-state index in [9.17, 15) is 0 Å². The highest BCUT2D eigenvalue weighted by atomic mass is 16.3. The van der Waals surface area contributed by atoms with E-state index in [1.54, 1.807) is 6.33 Å². The van der Waals surface area contributed by atoms with Crippen LogP contribution in [0.3, 0.4) is 0 Å². The van der Waals surface area contributed by atoms with Crippen LogP contribution in [-0.4, -0.2) is 19.9 Å². The third-order valence-corrected chi connectivity index (χ3v) is 9.64. The van der Waals surface area contributed by atoms with E-state index in [0.717, 1.165) is 78.9 Å². The Bertz CT molecular complexity index is 2750. The Hall–Kier alpha value is -6.72. The van der Waals surface area contributed by atoms with E-state index in [2.05, 4.69) is 108 Å². The van der Waals surface area contributed by atoms with Crippen molar-refractivity contribution >= 4 is 22.1 Å². The van der Waals surface area contributed by atoms with E-state index in [1.807, 2.05) is 48.5 Å². The molecule has 0 radical (unpaired) electrons. The normalized spacial score (nSPS) is 11.9. The zero-order chi connectivity index (χ0) is 33.0. The summed E-state index contributed by atoms with van der Waals surface area (Å²) in [5.41, 5.74) is 16.3. The summed E-state index contributed by atoms with van der Waals surface area (Å²) in [4.78, 5) is 19.5. The van der Waals surface area contributed by atoms with Crippen molar-refractivity contribution in [3.63, 3.8) is 0 Å². The molecule has 5 heteroatoms. The molecular weight excluding hydrogens is 613 g/mol. The number of para-hydroxylation sites is 1. The van der Waals surface area contributed by atoms with Gasteiger partial charge in [-0.2, -0.15) is 0 Å². The van der Waals surface area contributed by atoms with Crippen molar-refractivity contribution in [1.82, 2.24) is 19.9 Å². The lowest BCUT2D eigenvalue weighted by molar-refractivity contribution is 0.667. The van der Waals surface area contributed by atoms with Crippen molar-refractivity contribution in [2.24, 2.45) is 0 Å². The highest BCUT2D eigenvalue weighted by molar-refractivity contribution is 6.07. The molecule has 0 N–H and O–H groups in total. The van der Waals surface area contributed by atoms with Gasteiger partial charge in [-0.1, -0.05) is 121 Å². The number of rotatable bonds is 5. The summed E-state index contributed by atoms with van der Waals surface area (Å²) in [6, 6.07) is 52.6. The topological polar surface area (TPSA) is 64.7 Å². The van der Waals surface area contributed by atoms with Gasteiger partial charge in [-0.15, -0.1) is 0 Å². The molecule has 0 fully saturated rings. The number of hydrogen-bond acceptors (Lipinski definition) is 5. The molecule has 234 valence electrons. The molecule has 0 spiro atoms. The van der Waals surface area contributed by atoms with Crippen LogP contribution in [0.15, 0.2) is 162 Å². The van der Waals surface area contributed by atoms with Crippen molar-refractivity contribution in [2.45, 2.75) is 6.42 Å². The van der Waals surface area contributed by atoms with Crippen LogP contribution in [0.1, 0.15) is 11.1 Å². The van der Waals surface area contributed by atoms with E-state index in [0.29, 0.717) is 11.4 Å². The van der Waals surface area contributed by atoms with E-state index >= 15 is 0 Å². The SMILES string of the molecule is c1ccc(-c2nc(-c3cccc(-c4cccc(-c5cccc(-c6ncnc7c6Cc6ccccc6-7)c5)c4)c3)c3oc4ccccc4c3n2)cc1. The Balaban J connectivity index is 1.05. The summed E-state index contributed by atoms with van der Waals surface area (Å²) in [7, 11) is 0. The fourth-order valence-electron chi connectivity index (χ4n) is 7.23. The number of fused-ring (bicyclic) bond motifs is 6. The largest absolute Gasteiger partial charge is 0.452 e. The number of furan rings is 1. The van der Waals surface area contributed by atoms with Crippen LogP contribution >= 0.6 is 0 Å². The molecule has 0 amide bonds. The van der Waals surface area contributed by atoms with Crippen LogP contribution in [-0.2, 0) is 6.42 Å². The maximum atomic E-state index is 6.41. The molecule has 0 saturated heterocycles. The van der Waals surface area contributed by atoms with Crippen LogP contribution in [0.2, 0.25) is 0 Å². The van der Waals surface area contributed by atoms with Gasteiger partial charge in [-0.05, 0) is 58.1 Å². The minimum Gasteiger partial charge on any atom is -0.452 e. The first kappa shape index (κ1) is 28.3. The smallest absolute Gasteiger partial charge is 0.180 e. The Kier molecular flexibility index (Phi) is 6.49. The molecule has 1 aliphatic rings. The standard InChI is InChI=1S/C45H28N4O/c1-2-11-28(12-3-1)45-48-41(44-43(49-45)37-21-6-7-22-39(37)50-44)35-19-10-17-32(25-35)30-15-8-14-29(23-30)31-16-9-18-34(24-31)40-38-26-33-13-4-5-20-36(33)42(38)47-27-46-40/h1-25,27H,26H2. The lowest BCUT2D eigenvalue weighted by Gasteiger charge is -2.11. The maximum absolute atomic E-state index is 6.41. The first-order chi connectivity index (χ1) is 24.8. The highest BCUT2D eigenvalue weighted by Gasteiger charge is 2.24. The Morgan fingerprint density at radius 1 is 0.460 bits per heavy atom. The van der Waals surface area contributed by atoms with Crippen LogP contribution in [0.25, 0.3) is 89.5 Å². The molecule has 3 heterocycles. The molecule has 10 rings (SSSR count). The van der Waals surface area contributed by atoms with Gasteiger partial charge in [0.1, 0.15) is 23.1 Å². The molecule has 6 aromatic carbocycles. The molecule has 3 aromatic heterocycles. The van der Waals surface area contributed by atoms with Gasteiger partial charge < -0.3 is 4.42 Å². The third-order valence-electron chi connectivity index (χ3n) is 9.64. The van der Waals surface area contributed by atoms with Gasteiger partial charge in [0.05, 0.1) is 11.4 Å². The van der Waals surface area contributed by atoms with Crippen LogP contribution in [0.5, 0.6) is 0 Å². The summed E-state index contributed by atoms with van der Waals surface area (Å²) < 4.78 is 6.41. The second kappa shape index (κ2) is 11.5. The van der Waals surface area contributed by atoms with Crippen molar-refractivity contribution in [2.75, 3.05) is 0 Å². The number of nitrogens with zero attached hydrogens (tertiary/aromatic N) is 4. The van der Waals surface area contributed by atoms with Crippen LogP contribution in [0, 0.1) is 0 Å². The van der Waals surface area contributed by atoms with Gasteiger partial charge >= 0.3 is 0 Å². The van der Waals surface area contributed by atoms with Gasteiger partial charge in [0, 0.05) is 39.6 Å². The zero-order valence-electron chi connectivity index (χ0n) is 26.9. The first-order valence-electron chi connectivity index (χ1n) is 16.8. The van der Waals surface area contributed by atoms with Gasteiger partial charge in [0.25, 0.3) is 0 Å².